The van der Waals surface area contributed by atoms with Gasteiger partial charge in [-0.1, -0.05) is 24.3 Å². The third-order valence-corrected chi connectivity index (χ3v) is 4.83. The van der Waals surface area contributed by atoms with E-state index in [1.807, 2.05) is 60.8 Å². The molecule has 0 radical (unpaired) electrons. The molecule has 2 amide bonds. The fourth-order valence-corrected chi connectivity index (χ4v) is 3.28. The minimum Gasteiger partial charge on any atom is -0.479 e. The molecule has 7 heteroatoms. The van der Waals surface area contributed by atoms with E-state index in [9.17, 15) is 9.59 Å². The maximum Gasteiger partial charge on any atom is 0.267 e. The first-order valence-electron chi connectivity index (χ1n) is 9.54. The zero-order valence-corrected chi connectivity index (χ0v) is 16.1. The lowest BCUT2D eigenvalue weighted by Gasteiger charge is -2.32. The van der Waals surface area contributed by atoms with Crippen LogP contribution in [0.3, 0.4) is 0 Å². The lowest BCUT2D eigenvalue weighted by Crippen LogP contribution is -2.45. The van der Waals surface area contributed by atoms with E-state index in [1.54, 1.807) is 22.7 Å². The van der Waals surface area contributed by atoms with Crippen molar-refractivity contribution in [1.29, 1.82) is 0 Å². The molecule has 1 atom stereocenters. The van der Waals surface area contributed by atoms with E-state index in [1.165, 1.54) is 0 Å². The third-order valence-electron chi connectivity index (χ3n) is 4.83. The molecule has 3 aromatic rings. The maximum atomic E-state index is 12.5. The second-order valence-electron chi connectivity index (χ2n) is 6.86. The number of carbonyl (C=O) groups excluding carboxylic acids is 2. The first kappa shape index (κ1) is 18.7. The van der Waals surface area contributed by atoms with Crippen LogP contribution in [0.4, 0.5) is 5.69 Å². The van der Waals surface area contributed by atoms with Gasteiger partial charge in [-0.3, -0.25) is 9.59 Å². The van der Waals surface area contributed by atoms with E-state index in [0.29, 0.717) is 24.5 Å². The molecule has 4 rings (SSSR count). The molecule has 1 aliphatic heterocycles. The van der Waals surface area contributed by atoms with Crippen molar-refractivity contribution < 1.29 is 14.3 Å². The highest BCUT2D eigenvalue weighted by molar-refractivity contribution is 6.00. The number of nitrogens with one attached hydrogen (secondary N) is 1. The molecule has 0 bridgehead atoms. The van der Waals surface area contributed by atoms with Gasteiger partial charge in [0.25, 0.3) is 5.91 Å². The second-order valence-corrected chi connectivity index (χ2v) is 6.86. The summed E-state index contributed by atoms with van der Waals surface area (Å²) >= 11 is 0. The number of hydrogen-bond acceptors (Lipinski definition) is 4. The summed E-state index contributed by atoms with van der Waals surface area (Å²) in [6.45, 7) is 2.47. The Kier molecular flexibility index (Phi) is 5.29. The Labute approximate surface area is 168 Å². The fourth-order valence-electron chi connectivity index (χ4n) is 3.28. The molecule has 0 fully saturated rings. The van der Waals surface area contributed by atoms with Gasteiger partial charge in [-0.15, -0.1) is 0 Å². The van der Waals surface area contributed by atoms with Gasteiger partial charge in [-0.25, -0.2) is 4.68 Å². The number of benzene rings is 2. The standard InChI is InChI=1S/C22H22N4O3/c1-16-22(28)25(19-5-2-3-6-20(19)29-16)14-11-21(27)23-15-17-7-9-18(10-8-17)26-13-4-12-24-26/h2-10,12-13,16H,11,14-15H2,1H3,(H,23,27). The normalized spacial score (nSPS) is 15.6. The molecule has 1 N–H and O–H groups in total. The molecule has 2 aromatic carbocycles. The van der Waals surface area contributed by atoms with Crippen LogP contribution in [0.2, 0.25) is 0 Å². The number of para-hydroxylation sites is 2. The summed E-state index contributed by atoms with van der Waals surface area (Å²) in [5.74, 6) is 0.425. The third kappa shape index (κ3) is 4.13. The molecule has 148 valence electrons. The van der Waals surface area contributed by atoms with Crippen molar-refractivity contribution in [1.82, 2.24) is 15.1 Å². The molecule has 0 spiro atoms. The maximum absolute atomic E-state index is 12.5. The highest BCUT2D eigenvalue weighted by atomic mass is 16.5. The van der Waals surface area contributed by atoms with Gasteiger partial charge in [-0.2, -0.15) is 5.10 Å². The summed E-state index contributed by atoms with van der Waals surface area (Å²) in [7, 11) is 0. The predicted octanol–water partition coefficient (Wildman–Crippen LogP) is 2.69. The van der Waals surface area contributed by atoms with Crippen molar-refractivity contribution in [2.75, 3.05) is 11.4 Å². The Bertz CT molecular complexity index is 999. The van der Waals surface area contributed by atoms with Crippen LogP contribution in [0.25, 0.3) is 5.69 Å². The van der Waals surface area contributed by atoms with Gasteiger partial charge in [0.2, 0.25) is 5.91 Å². The van der Waals surface area contributed by atoms with E-state index < -0.39 is 6.10 Å². The van der Waals surface area contributed by atoms with Crippen molar-refractivity contribution in [3.63, 3.8) is 0 Å². The van der Waals surface area contributed by atoms with Gasteiger partial charge in [0.1, 0.15) is 5.75 Å². The van der Waals surface area contributed by atoms with Crippen molar-refractivity contribution in [2.45, 2.75) is 26.0 Å². The molecular formula is C22H22N4O3. The highest BCUT2D eigenvalue weighted by Gasteiger charge is 2.31. The molecule has 1 aromatic heterocycles. The van der Waals surface area contributed by atoms with E-state index in [2.05, 4.69) is 10.4 Å². The molecule has 1 unspecified atom stereocenters. The van der Waals surface area contributed by atoms with Crippen LogP contribution in [0.1, 0.15) is 18.9 Å². The number of fused-ring (bicyclic) bond motifs is 1. The molecular weight excluding hydrogens is 368 g/mol. The van der Waals surface area contributed by atoms with E-state index in [4.69, 9.17) is 4.74 Å². The number of carbonyl (C=O) groups is 2. The summed E-state index contributed by atoms with van der Waals surface area (Å²) < 4.78 is 7.40. The number of nitrogens with zero attached hydrogens (tertiary/aromatic N) is 3. The zero-order valence-electron chi connectivity index (χ0n) is 16.1. The molecule has 0 aliphatic carbocycles. The van der Waals surface area contributed by atoms with E-state index >= 15 is 0 Å². The zero-order chi connectivity index (χ0) is 20.2. The van der Waals surface area contributed by atoms with Crippen molar-refractivity contribution >= 4 is 17.5 Å². The first-order valence-corrected chi connectivity index (χ1v) is 9.54. The van der Waals surface area contributed by atoms with Crippen LogP contribution < -0.4 is 15.0 Å². The summed E-state index contributed by atoms with van der Waals surface area (Å²) in [6.07, 6.45) is 3.27. The summed E-state index contributed by atoms with van der Waals surface area (Å²) in [5, 5.41) is 7.10. The lowest BCUT2D eigenvalue weighted by atomic mass is 10.1. The average molecular weight is 390 g/mol. The number of rotatable bonds is 6. The molecule has 1 aliphatic rings. The van der Waals surface area contributed by atoms with Gasteiger partial charge < -0.3 is 15.0 Å². The summed E-state index contributed by atoms with van der Waals surface area (Å²) in [5.41, 5.74) is 2.66. The van der Waals surface area contributed by atoms with Crippen LogP contribution in [0.15, 0.2) is 67.0 Å². The Balaban J connectivity index is 1.32. The molecule has 0 saturated heterocycles. The Morgan fingerprint density at radius 2 is 1.93 bits per heavy atom. The van der Waals surface area contributed by atoms with Crippen molar-refractivity contribution in [3.8, 4) is 11.4 Å². The quantitative estimate of drug-likeness (QED) is 0.702. The topological polar surface area (TPSA) is 76.5 Å². The monoisotopic (exact) mass is 390 g/mol. The molecule has 29 heavy (non-hydrogen) atoms. The molecule has 7 nitrogen and oxygen atoms in total. The largest absolute Gasteiger partial charge is 0.479 e. The van der Waals surface area contributed by atoms with Gasteiger partial charge in [0.15, 0.2) is 6.10 Å². The number of aromatic nitrogens is 2. The smallest absolute Gasteiger partial charge is 0.267 e. The van der Waals surface area contributed by atoms with Crippen LogP contribution in [0, 0.1) is 0 Å². The Morgan fingerprint density at radius 3 is 2.69 bits per heavy atom. The predicted molar refractivity (Wildman–Crippen MR) is 109 cm³/mol. The molecule has 2 heterocycles. The first-order chi connectivity index (χ1) is 14.1. The summed E-state index contributed by atoms with van der Waals surface area (Å²) in [6, 6.07) is 17.1. The van der Waals surface area contributed by atoms with Gasteiger partial charge in [0.05, 0.1) is 11.4 Å². The second kappa shape index (κ2) is 8.18. The Morgan fingerprint density at radius 1 is 1.14 bits per heavy atom. The van der Waals surface area contributed by atoms with Crippen LogP contribution in [-0.2, 0) is 16.1 Å². The number of hydrogen-bond donors (Lipinski definition) is 1. The minimum absolute atomic E-state index is 0.106. The van der Waals surface area contributed by atoms with Crippen molar-refractivity contribution in [3.05, 3.63) is 72.6 Å². The van der Waals surface area contributed by atoms with Crippen LogP contribution in [0.5, 0.6) is 5.75 Å². The van der Waals surface area contributed by atoms with Crippen LogP contribution in [-0.4, -0.2) is 34.2 Å². The van der Waals surface area contributed by atoms with Crippen LogP contribution >= 0.6 is 0 Å². The Hall–Kier alpha value is -3.61. The SMILES string of the molecule is CC1Oc2ccccc2N(CCC(=O)NCc2ccc(-n3cccn3)cc2)C1=O. The number of anilines is 1. The van der Waals surface area contributed by atoms with E-state index in [-0.39, 0.29) is 18.2 Å². The number of amides is 2. The minimum atomic E-state index is -0.554. The average Bonchev–Trinajstić information content (AvgIpc) is 3.28. The van der Waals surface area contributed by atoms with Gasteiger partial charge in [-0.05, 0) is 42.8 Å². The number of ether oxygens (including phenoxy) is 1. The van der Waals surface area contributed by atoms with E-state index in [0.717, 1.165) is 11.3 Å². The van der Waals surface area contributed by atoms with Crippen molar-refractivity contribution in [2.24, 2.45) is 0 Å². The summed E-state index contributed by atoms with van der Waals surface area (Å²) in [4.78, 5) is 26.4. The van der Waals surface area contributed by atoms with Gasteiger partial charge >= 0.3 is 0 Å². The lowest BCUT2D eigenvalue weighted by molar-refractivity contribution is -0.125. The highest BCUT2D eigenvalue weighted by Crippen LogP contribution is 2.33. The molecule has 0 saturated carbocycles. The fraction of sp³-hybridized carbons (Fsp3) is 0.227. The van der Waals surface area contributed by atoms with Gasteiger partial charge in [0, 0.05) is 31.9 Å².